The number of hydrogen-bond donors (Lipinski definition) is 2. The molecule has 0 saturated carbocycles. The van der Waals surface area contributed by atoms with Crippen molar-refractivity contribution in [3.8, 4) is 5.88 Å². The highest BCUT2D eigenvalue weighted by Crippen LogP contribution is 2.50. The van der Waals surface area contributed by atoms with Crippen molar-refractivity contribution >= 4 is 17.1 Å². The fraction of sp³-hybridized carbons (Fsp3) is 0.643. The van der Waals surface area contributed by atoms with E-state index >= 15 is 0 Å². The highest BCUT2D eigenvalue weighted by atomic mass is 16.6. The van der Waals surface area contributed by atoms with Gasteiger partial charge in [0.05, 0.1) is 26.7 Å². The van der Waals surface area contributed by atoms with E-state index in [4.69, 9.17) is 24.7 Å². The van der Waals surface area contributed by atoms with Crippen LogP contribution in [0.5, 0.6) is 5.88 Å². The van der Waals surface area contributed by atoms with Crippen LogP contribution in [0.4, 0.5) is 5.95 Å². The summed E-state index contributed by atoms with van der Waals surface area (Å²) in [6, 6.07) is 0. The first-order valence-electron chi connectivity index (χ1n) is 7.61. The smallest absolute Gasteiger partial charge is 0.246 e. The van der Waals surface area contributed by atoms with Crippen LogP contribution in [0.1, 0.15) is 12.6 Å². The molecule has 2 aromatic heterocycles. The van der Waals surface area contributed by atoms with E-state index in [1.54, 1.807) is 18.0 Å². The van der Waals surface area contributed by atoms with Crippen LogP contribution < -0.4 is 10.5 Å². The predicted octanol–water partition coefficient (Wildman–Crippen LogP) is -0.519. The zero-order chi connectivity index (χ0) is 16.9. The molecule has 2 aliphatic rings. The standard InChI is InChI=1S/C14H19N5O5/c1-21-9-7(5-20)24-12(14(9)3-4-23-14)19-6-16-8-10(19)17-13(15)18-11(8)22-2/h6-7,9,12,20H,3-5H2,1-2H3,(H2,15,17,18). The highest BCUT2D eigenvalue weighted by molar-refractivity contribution is 5.77. The average molecular weight is 337 g/mol. The monoisotopic (exact) mass is 337 g/mol. The zero-order valence-electron chi connectivity index (χ0n) is 13.4. The van der Waals surface area contributed by atoms with E-state index in [0.717, 1.165) is 6.42 Å². The van der Waals surface area contributed by atoms with Gasteiger partial charge in [-0.2, -0.15) is 9.97 Å². The molecule has 4 rings (SSSR count). The Hall–Kier alpha value is -2.01. The van der Waals surface area contributed by atoms with Crippen LogP contribution in [-0.4, -0.2) is 69.9 Å². The number of nitrogens with zero attached hydrogens (tertiary/aromatic N) is 4. The van der Waals surface area contributed by atoms with Crippen molar-refractivity contribution < 1.29 is 24.1 Å². The second-order valence-corrected chi connectivity index (χ2v) is 5.83. The summed E-state index contributed by atoms with van der Waals surface area (Å²) in [7, 11) is 3.07. The maximum atomic E-state index is 9.62. The van der Waals surface area contributed by atoms with Gasteiger partial charge in [-0.05, 0) is 0 Å². The third-order valence-corrected chi connectivity index (χ3v) is 4.69. The van der Waals surface area contributed by atoms with Crippen molar-refractivity contribution in [1.82, 2.24) is 19.5 Å². The van der Waals surface area contributed by atoms with E-state index in [1.165, 1.54) is 7.11 Å². The summed E-state index contributed by atoms with van der Waals surface area (Å²) in [6.07, 6.45) is 0.891. The molecule has 4 heterocycles. The lowest BCUT2D eigenvalue weighted by atomic mass is 9.86. The Morgan fingerprint density at radius 3 is 2.83 bits per heavy atom. The second-order valence-electron chi connectivity index (χ2n) is 5.83. The van der Waals surface area contributed by atoms with Crippen LogP contribution in [-0.2, 0) is 14.2 Å². The molecule has 2 aromatic rings. The molecular formula is C14H19N5O5. The summed E-state index contributed by atoms with van der Waals surface area (Å²) in [6.45, 7) is 0.429. The van der Waals surface area contributed by atoms with Gasteiger partial charge in [0.2, 0.25) is 11.8 Å². The van der Waals surface area contributed by atoms with E-state index < -0.39 is 17.9 Å². The SMILES string of the molecule is COc1nc(N)nc2c1ncn2C1OC(CO)C(OC)C12CCO2. The van der Waals surface area contributed by atoms with Crippen LogP contribution in [0.3, 0.4) is 0 Å². The normalized spacial score (nSPS) is 32.4. The zero-order valence-corrected chi connectivity index (χ0v) is 13.4. The maximum Gasteiger partial charge on any atom is 0.246 e. The van der Waals surface area contributed by atoms with Gasteiger partial charge in [-0.1, -0.05) is 0 Å². The minimum atomic E-state index is -0.692. The van der Waals surface area contributed by atoms with Crippen molar-refractivity contribution in [1.29, 1.82) is 0 Å². The van der Waals surface area contributed by atoms with Crippen molar-refractivity contribution in [2.24, 2.45) is 0 Å². The van der Waals surface area contributed by atoms with Crippen molar-refractivity contribution in [2.45, 2.75) is 30.5 Å². The van der Waals surface area contributed by atoms with Crippen molar-refractivity contribution in [2.75, 3.05) is 33.2 Å². The molecule has 0 aliphatic carbocycles. The third kappa shape index (κ3) is 1.94. The lowest BCUT2D eigenvalue weighted by Crippen LogP contribution is -2.57. The lowest BCUT2D eigenvalue weighted by Gasteiger charge is -2.45. The number of anilines is 1. The van der Waals surface area contributed by atoms with Gasteiger partial charge >= 0.3 is 0 Å². The predicted molar refractivity (Wildman–Crippen MR) is 81.4 cm³/mol. The third-order valence-electron chi connectivity index (χ3n) is 4.69. The number of aliphatic hydroxyl groups excluding tert-OH is 1. The number of imidazole rings is 1. The Balaban J connectivity index is 1.84. The molecule has 0 aromatic carbocycles. The number of aromatic nitrogens is 4. The molecule has 2 aliphatic heterocycles. The molecule has 2 fully saturated rings. The van der Waals surface area contributed by atoms with Gasteiger partial charge in [0.15, 0.2) is 17.4 Å². The van der Waals surface area contributed by atoms with Crippen LogP contribution in [0.25, 0.3) is 11.2 Å². The Labute approximate surface area is 137 Å². The van der Waals surface area contributed by atoms with E-state index in [0.29, 0.717) is 23.7 Å². The number of hydrogen-bond acceptors (Lipinski definition) is 9. The fourth-order valence-electron chi connectivity index (χ4n) is 3.58. The minimum absolute atomic E-state index is 0.0738. The van der Waals surface area contributed by atoms with Crippen LogP contribution in [0.2, 0.25) is 0 Å². The first kappa shape index (κ1) is 15.5. The summed E-state index contributed by atoms with van der Waals surface area (Å²) in [5.74, 6) is 0.365. The van der Waals surface area contributed by atoms with E-state index in [2.05, 4.69) is 15.0 Å². The van der Waals surface area contributed by atoms with E-state index in [9.17, 15) is 5.11 Å². The summed E-state index contributed by atoms with van der Waals surface area (Å²) in [4.78, 5) is 12.6. The summed E-state index contributed by atoms with van der Waals surface area (Å²) < 4.78 is 24.4. The first-order valence-corrected chi connectivity index (χ1v) is 7.61. The van der Waals surface area contributed by atoms with Crippen LogP contribution >= 0.6 is 0 Å². The average Bonchev–Trinajstić information content (AvgIpc) is 3.10. The maximum absolute atomic E-state index is 9.62. The number of methoxy groups -OCH3 is 2. The van der Waals surface area contributed by atoms with Gasteiger partial charge in [0.1, 0.15) is 17.8 Å². The van der Waals surface area contributed by atoms with Crippen molar-refractivity contribution in [3.63, 3.8) is 0 Å². The second kappa shape index (κ2) is 5.52. The molecule has 130 valence electrons. The van der Waals surface area contributed by atoms with Gasteiger partial charge in [0, 0.05) is 13.5 Å². The molecule has 24 heavy (non-hydrogen) atoms. The van der Waals surface area contributed by atoms with Crippen LogP contribution in [0.15, 0.2) is 6.33 Å². The molecule has 2 saturated heterocycles. The molecule has 10 heteroatoms. The number of fused-ring (bicyclic) bond motifs is 1. The Bertz CT molecular complexity index is 761. The molecule has 0 amide bonds. The molecule has 3 N–H and O–H groups in total. The van der Waals surface area contributed by atoms with E-state index in [-0.39, 0.29) is 18.7 Å². The number of rotatable bonds is 4. The number of nitrogens with two attached hydrogens (primary N) is 1. The summed E-state index contributed by atoms with van der Waals surface area (Å²) in [5, 5.41) is 9.62. The van der Waals surface area contributed by atoms with Gasteiger partial charge in [-0.15, -0.1) is 0 Å². The molecular weight excluding hydrogens is 318 g/mol. The molecule has 4 unspecified atom stereocenters. The summed E-state index contributed by atoms with van der Waals surface area (Å²) in [5.41, 5.74) is 6.03. The Kier molecular flexibility index (Phi) is 3.57. The van der Waals surface area contributed by atoms with Gasteiger partial charge in [-0.25, -0.2) is 4.98 Å². The molecule has 0 bridgehead atoms. The highest BCUT2D eigenvalue weighted by Gasteiger charge is 2.62. The van der Waals surface area contributed by atoms with E-state index in [1.807, 2.05) is 0 Å². The van der Waals surface area contributed by atoms with Crippen LogP contribution in [0, 0.1) is 0 Å². The molecule has 10 nitrogen and oxygen atoms in total. The fourth-order valence-corrected chi connectivity index (χ4v) is 3.58. The molecule has 4 atom stereocenters. The topological polar surface area (TPSA) is 127 Å². The van der Waals surface area contributed by atoms with Gasteiger partial charge in [-0.3, -0.25) is 4.57 Å². The molecule has 1 spiro atoms. The Morgan fingerprint density at radius 1 is 1.46 bits per heavy atom. The number of ether oxygens (including phenoxy) is 4. The largest absolute Gasteiger partial charge is 0.479 e. The quantitative estimate of drug-likeness (QED) is 0.757. The molecule has 0 radical (unpaired) electrons. The Morgan fingerprint density at radius 2 is 2.25 bits per heavy atom. The van der Waals surface area contributed by atoms with Gasteiger partial charge in [0.25, 0.3) is 0 Å². The minimum Gasteiger partial charge on any atom is -0.479 e. The number of aliphatic hydroxyl groups is 1. The lowest BCUT2D eigenvalue weighted by molar-refractivity contribution is -0.229. The number of nitrogen functional groups attached to an aromatic ring is 1. The van der Waals surface area contributed by atoms with Gasteiger partial charge < -0.3 is 29.8 Å². The first-order chi connectivity index (χ1) is 11.6. The summed E-state index contributed by atoms with van der Waals surface area (Å²) >= 11 is 0. The van der Waals surface area contributed by atoms with Crippen molar-refractivity contribution in [3.05, 3.63) is 6.33 Å².